The van der Waals surface area contributed by atoms with Crippen molar-refractivity contribution in [3.05, 3.63) is 42.5 Å². The number of carbonyl (C=O) groups is 2. The normalized spacial score (nSPS) is 10.1. The zero-order valence-corrected chi connectivity index (χ0v) is 11.3. The third-order valence-electron chi connectivity index (χ3n) is 2.38. The van der Waals surface area contributed by atoms with Crippen LogP contribution in [0.5, 0.6) is 5.75 Å². The second-order valence-electron chi connectivity index (χ2n) is 4.43. The third-order valence-corrected chi connectivity index (χ3v) is 2.38. The van der Waals surface area contributed by atoms with E-state index in [1.807, 2.05) is 38.1 Å². The molecule has 1 aromatic carbocycles. The van der Waals surface area contributed by atoms with Crippen LogP contribution in [0.1, 0.15) is 25.8 Å². The first kappa shape index (κ1) is 15.0. The number of rotatable bonds is 6. The average molecular weight is 261 g/mol. The van der Waals surface area contributed by atoms with E-state index in [1.54, 1.807) is 0 Å². The molecule has 0 unspecified atom stereocenters. The van der Waals surface area contributed by atoms with Crippen molar-refractivity contribution >= 4 is 11.8 Å². The van der Waals surface area contributed by atoms with Crippen molar-refractivity contribution in [1.29, 1.82) is 0 Å². The lowest BCUT2D eigenvalue weighted by atomic mass is 10.1. The van der Waals surface area contributed by atoms with Gasteiger partial charge in [-0.25, -0.2) is 0 Å². The third kappa shape index (κ3) is 5.86. The smallest absolute Gasteiger partial charge is 0.249 e. The minimum Gasteiger partial charge on any atom is -0.491 e. The Bertz CT molecular complexity index is 449. The minimum atomic E-state index is -0.467. The van der Waals surface area contributed by atoms with E-state index in [1.165, 1.54) is 0 Å². The van der Waals surface area contributed by atoms with Crippen LogP contribution in [0.25, 0.3) is 0 Å². The Morgan fingerprint density at radius 3 is 2.47 bits per heavy atom. The molecule has 1 N–H and O–H groups in total. The van der Waals surface area contributed by atoms with Crippen LogP contribution in [0.15, 0.2) is 36.9 Å². The Kier molecular flexibility index (Phi) is 5.79. The predicted molar refractivity (Wildman–Crippen MR) is 73.9 cm³/mol. The van der Waals surface area contributed by atoms with Gasteiger partial charge in [-0.2, -0.15) is 0 Å². The predicted octanol–water partition coefficient (Wildman–Crippen LogP) is 2.24. The fourth-order valence-corrected chi connectivity index (χ4v) is 1.52. The highest BCUT2D eigenvalue weighted by Crippen LogP contribution is 2.14. The highest BCUT2D eigenvalue weighted by Gasteiger charge is 2.05. The second kappa shape index (κ2) is 7.36. The SMILES string of the molecule is C=CC(=O)NC(=O)CCc1ccc(OC(C)C)cc1. The zero-order chi connectivity index (χ0) is 14.3. The Morgan fingerprint density at radius 1 is 1.32 bits per heavy atom. The van der Waals surface area contributed by atoms with Gasteiger partial charge in [-0.05, 0) is 44.0 Å². The summed E-state index contributed by atoms with van der Waals surface area (Å²) in [5, 5.41) is 2.22. The lowest BCUT2D eigenvalue weighted by Gasteiger charge is -2.10. The molecule has 19 heavy (non-hydrogen) atoms. The molecule has 1 aromatic rings. The number of hydrogen-bond donors (Lipinski definition) is 1. The van der Waals surface area contributed by atoms with Crippen LogP contribution >= 0.6 is 0 Å². The molecule has 0 saturated carbocycles. The van der Waals surface area contributed by atoms with Gasteiger partial charge in [0.1, 0.15) is 5.75 Å². The van der Waals surface area contributed by atoms with Crippen LogP contribution < -0.4 is 10.1 Å². The number of nitrogens with one attached hydrogen (secondary N) is 1. The van der Waals surface area contributed by atoms with E-state index in [0.717, 1.165) is 17.4 Å². The molecule has 2 amide bonds. The number of ether oxygens (including phenoxy) is 1. The van der Waals surface area contributed by atoms with Crippen LogP contribution in [0.3, 0.4) is 0 Å². The molecule has 0 heterocycles. The Labute approximate surface area is 113 Å². The molecule has 4 heteroatoms. The van der Waals surface area contributed by atoms with Crippen LogP contribution in [-0.2, 0) is 16.0 Å². The number of imide groups is 1. The molecule has 0 radical (unpaired) electrons. The Balaban J connectivity index is 2.43. The molecular weight excluding hydrogens is 242 g/mol. The van der Waals surface area contributed by atoms with Gasteiger partial charge in [-0.1, -0.05) is 18.7 Å². The van der Waals surface area contributed by atoms with Crippen LogP contribution in [-0.4, -0.2) is 17.9 Å². The van der Waals surface area contributed by atoms with Gasteiger partial charge in [-0.3, -0.25) is 14.9 Å². The monoisotopic (exact) mass is 261 g/mol. The van der Waals surface area contributed by atoms with Gasteiger partial charge >= 0.3 is 0 Å². The largest absolute Gasteiger partial charge is 0.491 e. The molecule has 0 fully saturated rings. The van der Waals surface area contributed by atoms with Gasteiger partial charge in [0, 0.05) is 6.42 Å². The Hall–Kier alpha value is -2.10. The fraction of sp³-hybridized carbons (Fsp3) is 0.333. The summed E-state index contributed by atoms with van der Waals surface area (Å²) < 4.78 is 5.53. The van der Waals surface area contributed by atoms with Crippen molar-refractivity contribution in [1.82, 2.24) is 5.32 Å². The summed E-state index contributed by atoms with van der Waals surface area (Å²) in [6.07, 6.45) is 2.07. The van der Waals surface area contributed by atoms with Crippen molar-refractivity contribution in [2.24, 2.45) is 0 Å². The number of amides is 2. The summed E-state index contributed by atoms with van der Waals surface area (Å²) in [4.78, 5) is 22.3. The van der Waals surface area contributed by atoms with Crippen LogP contribution in [0.4, 0.5) is 0 Å². The van der Waals surface area contributed by atoms with E-state index in [4.69, 9.17) is 4.74 Å². The van der Waals surface area contributed by atoms with Gasteiger partial charge in [0.15, 0.2) is 0 Å². The van der Waals surface area contributed by atoms with Gasteiger partial charge in [0.05, 0.1) is 6.10 Å². The van der Waals surface area contributed by atoms with Crippen molar-refractivity contribution < 1.29 is 14.3 Å². The molecule has 0 aliphatic carbocycles. The second-order valence-corrected chi connectivity index (χ2v) is 4.43. The summed E-state index contributed by atoms with van der Waals surface area (Å²) in [6.45, 7) is 7.22. The maximum absolute atomic E-state index is 11.4. The molecule has 4 nitrogen and oxygen atoms in total. The van der Waals surface area contributed by atoms with E-state index in [0.29, 0.717) is 6.42 Å². The first-order valence-corrected chi connectivity index (χ1v) is 6.23. The maximum Gasteiger partial charge on any atom is 0.249 e. The van der Waals surface area contributed by atoms with Crippen molar-refractivity contribution in [2.45, 2.75) is 32.8 Å². The van der Waals surface area contributed by atoms with E-state index in [9.17, 15) is 9.59 Å². The maximum atomic E-state index is 11.4. The van der Waals surface area contributed by atoms with E-state index < -0.39 is 5.91 Å². The molecule has 0 saturated heterocycles. The lowest BCUT2D eigenvalue weighted by Crippen LogP contribution is -2.28. The topological polar surface area (TPSA) is 55.4 Å². The van der Waals surface area contributed by atoms with Gasteiger partial charge in [0.2, 0.25) is 11.8 Å². The van der Waals surface area contributed by atoms with Gasteiger partial charge < -0.3 is 4.74 Å². The summed E-state index contributed by atoms with van der Waals surface area (Å²) in [5.74, 6) is 0.0446. The van der Waals surface area contributed by atoms with E-state index >= 15 is 0 Å². The summed E-state index contributed by atoms with van der Waals surface area (Å²) in [7, 11) is 0. The van der Waals surface area contributed by atoms with Crippen molar-refractivity contribution in [3.63, 3.8) is 0 Å². The molecule has 0 bridgehead atoms. The molecule has 102 valence electrons. The average Bonchev–Trinajstić information content (AvgIpc) is 2.37. The molecule has 0 aromatic heterocycles. The Morgan fingerprint density at radius 2 is 1.95 bits per heavy atom. The van der Waals surface area contributed by atoms with Crippen LogP contribution in [0.2, 0.25) is 0 Å². The summed E-state index contributed by atoms with van der Waals surface area (Å²) in [6, 6.07) is 7.59. The van der Waals surface area contributed by atoms with E-state index in [2.05, 4.69) is 11.9 Å². The summed E-state index contributed by atoms with van der Waals surface area (Å²) >= 11 is 0. The first-order chi connectivity index (χ1) is 9.01. The van der Waals surface area contributed by atoms with Gasteiger partial charge in [0.25, 0.3) is 0 Å². The quantitative estimate of drug-likeness (QED) is 0.799. The fourth-order valence-electron chi connectivity index (χ4n) is 1.52. The molecule has 0 aliphatic rings. The standard InChI is InChI=1S/C15H19NO3/c1-4-14(17)16-15(18)10-7-12-5-8-13(9-6-12)19-11(2)3/h4-6,8-9,11H,1,7,10H2,2-3H3,(H,16,17,18). The first-order valence-electron chi connectivity index (χ1n) is 6.23. The molecule has 0 atom stereocenters. The lowest BCUT2D eigenvalue weighted by molar-refractivity contribution is -0.127. The van der Waals surface area contributed by atoms with Gasteiger partial charge in [-0.15, -0.1) is 0 Å². The van der Waals surface area contributed by atoms with Crippen molar-refractivity contribution in [2.75, 3.05) is 0 Å². The van der Waals surface area contributed by atoms with E-state index in [-0.39, 0.29) is 18.4 Å². The molecule has 0 aliphatic heterocycles. The summed E-state index contributed by atoms with van der Waals surface area (Å²) in [5.41, 5.74) is 1.03. The zero-order valence-electron chi connectivity index (χ0n) is 11.3. The molecule has 1 rings (SSSR count). The van der Waals surface area contributed by atoms with Crippen LogP contribution in [0, 0.1) is 0 Å². The number of benzene rings is 1. The minimum absolute atomic E-state index is 0.140. The van der Waals surface area contributed by atoms with Crippen molar-refractivity contribution in [3.8, 4) is 5.75 Å². The number of aryl methyl sites for hydroxylation is 1. The molecule has 0 spiro atoms. The number of carbonyl (C=O) groups excluding carboxylic acids is 2. The highest BCUT2D eigenvalue weighted by atomic mass is 16.5. The molecular formula is C15H19NO3. The number of hydrogen-bond acceptors (Lipinski definition) is 3. The highest BCUT2D eigenvalue weighted by molar-refractivity contribution is 6.00.